The molecular formula is C16H31NO9. The second-order valence-corrected chi connectivity index (χ2v) is 7.19. The highest BCUT2D eigenvalue weighted by atomic mass is 16.5. The normalized spacial score (nSPS) is 47.1. The van der Waals surface area contributed by atoms with Crippen LogP contribution in [0.2, 0.25) is 0 Å². The maximum absolute atomic E-state index is 10.0. The average Bonchev–Trinajstić information content (AvgIpc) is 2.64. The number of hydrogen-bond acceptors (Lipinski definition) is 10. The van der Waals surface area contributed by atoms with Crippen molar-refractivity contribution in [3.05, 3.63) is 0 Å². The molecule has 0 aliphatic carbocycles. The number of ether oxygens (including phenoxy) is 1. The van der Waals surface area contributed by atoms with Gasteiger partial charge in [0.2, 0.25) is 0 Å². The summed E-state index contributed by atoms with van der Waals surface area (Å²) in [4.78, 5) is 0. The van der Waals surface area contributed by atoms with Crippen LogP contribution in [0.15, 0.2) is 0 Å². The highest BCUT2D eigenvalue weighted by molar-refractivity contribution is 4.98. The zero-order valence-corrected chi connectivity index (χ0v) is 14.5. The largest absolute Gasteiger partial charge is 0.395 e. The zero-order valence-electron chi connectivity index (χ0n) is 14.5. The number of hydrogen-bond donors (Lipinski definition) is 9. The van der Waals surface area contributed by atoms with Crippen LogP contribution in [-0.4, -0.2) is 115 Å². The Balaban J connectivity index is 1.79. The SMILES string of the molecule is OC[C@H]1N[C@H](CCCC[C@H]2O[C@H](CO)[C@@H](O)[C@H](O)[C@H]2O)[C@H](O)[C@@H](O)[C@@H]1O. The Morgan fingerprint density at radius 3 is 1.73 bits per heavy atom. The molecule has 26 heavy (non-hydrogen) atoms. The Morgan fingerprint density at radius 2 is 1.12 bits per heavy atom. The molecule has 154 valence electrons. The quantitative estimate of drug-likeness (QED) is 0.196. The summed E-state index contributed by atoms with van der Waals surface area (Å²) in [7, 11) is 0. The fourth-order valence-corrected chi connectivity index (χ4v) is 3.69. The minimum atomic E-state index is -1.39. The number of rotatable bonds is 7. The molecule has 0 spiro atoms. The lowest BCUT2D eigenvalue weighted by Crippen LogP contribution is -2.65. The van der Waals surface area contributed by atoms with E-state index in [9.17, 15) is 40.9 Å². The number of unbranched alkanes of at least 4 members (excludes halogenated alkanes) is 1. The van der Waals surface area contributed by atoms with Crippen molar-refractivity contribution < 1.29 is 45.6 Å². The summed E-state index contributed by atoms with van der Waals surface area (Å²) >= 11 is 0. The number of nitrogens with one attached hydrogen (secondary N) is 1. The molecule has 0 aromatic heterocycles. The smallest absolute Gasteiger partial charge is 0.111 e. The van der Waals surface area contributed by atoms with Crippen molar-refractivity contribution in [3.8, 4) is 0 Å². The predicted octanol–water partition coefficient (Wildman–Crippen LogP) is -4.20. The summed E-state index contributed by atoms with van der Waals surface area (Å²) in [5.41, 5.74) is 0. The molecule has 0 aromatic rings. The van der Waals surface area contributed by atoms with Crippen LogP contribution < -0.4 is 5.32 Å². The van der Waals surface area contributed by atoms with Crippen LogP contribution in [0.1, 0.15) is 25.7 Å². The van der Waals surface area contributed by atoms with Gasteiger partial charge < -0.3 is 50.9 Å². The van der Waals surface area contributed by atoms with Crippen molar-refractivity contribution >= 4 is 0 Å². The maximum atomic E-state index is 10.0. The van der Waals surface area contributed by atoms with Crippen molar-refractivity contribution in [2.75, 3.05) is 13.2 Å². The van der Waals surface area contributed by atoms with Crippen molar-refractivity contribution in [2.24, 2.45) is 0 Å². The predicted molar refractivity (Wildman–Crippen MR) is 88.1 cm³/mol. The Morgan fingerprint density at radius 1 is 0.577 bits per heavy atom. The van der Waals surface area contributed by atoms with E-state index in [-0.39, 0.29) is 6.61 Å². The molecular weight excluding hydrogens is 350 g/mol. The summed E-state index contributed by atoms with van der Waals surface area (Å²) in [6.45, 7) is -0.839. The van der Waals surface area contributed by atoms with Gasteiger partial charge in [-0.1, -0.05) is 12.8 Å². The van der Waals surface area contributed by atoms with Crippen molar-refractivity contribution in [2.45, 2.75) is 86.6 Å². The maximum Gasteiger partial charge on any atom is 0.111 e. The van der Waals surface area contributed by atoms with Gasteiger partial charge in [-0.3, -0.25) is 0 Å². The van der Waals surface area contributed by atoms with E-state index in [1.807, 2.05) is 0 Å². The van der Waals surface area contributed by atoms with Crippen molar-refractivity contribution in [1.29, 1.82) is 0 Å². The highest BCUT2D eigenvalue weighted by Crippen LogP contribution is 2.25. The molecule has 0 saturated carbocycles. The van der Waals surface area contributed by atoms with E-state index in [4.69, 9.17) is 4.74 Å². The topological polar surface area (TPSA) is 183 Å². The van der Waals surface area contributed by atoms with Gasteiger partial charge in [0.05, 0.1) is 37.6 Å². The first kappa shape index (κ1) is 21.9. The van der Waals surface area contributed by atoms with Crippen LogP contribution in [0, 0.1) is 0 Å². The molecule has 0 radical (unpaired) electrons. The van der Waals surface area contributed by atoms with E-state index < -0.39 is 67.5 Å². The molecule has 0 aromatic carbocycles. The summed E-state index contributed by atoms with van der Waals surface area (Å²) in [5.74, 6) is 0. The molecule has 2 aliphatic rings. The highest BCUT2D eigenvalue weighted by Gasteiger charge is 2.43. The molecule has 10 atom stereocenters. The molecule has 2 rings (SSSR count). The van der Waals surface area contributed by atoms with Crippen LogP contribution in [0.25, 0.3) is 0 Å². The Kier molecular flexibility index (Phi) is 8.16. The van der Waals surface area contributed by atoms with Gasteiger partial charge in [-0.05, 0) is 12.8 Å². The Labute approximate surface area is 151 Å². The molecule has 0 amide bonds. The molecule has 9 N–H and O–H groups in total. The van der Waals surface area contributed by atoms with Gasteiger partial charge in [0.1, 0.15) is 30.5 Å². The minimum Gasteiger partial charge on any atom is -0.395 e. The minimum absolute atomic E-state index is 0.369. The lowest BCUT2D eigenvalue weighted by atomic mass is 9.87. The van der Waals surface area contributed by atoms with Crippen LogP contribution in [0.4, 0.5) is 0 Å². The van der Waals surface area contributed by atoms with Gasteiger partial charge in [-0.25, -0.2) is 0 Å². The van der Waals surface area contributed by atoms with Gasteiger partial charge in [-0.2, -0.15) is 0 Å². The Bertz CT molecular complexity index is 387. The molecule has 0 unspecified atom stereocenters. The fourth-order valence-electron chi connectivity index (χ4n) is 3.69. The molecule has 2 fully saturated rings. The van der Waals surface area contributed by atoms with Gasteiger partial charge in [0, 0.05) is 6.04 Å². The van der Waals surface area contributed by atoms with Crippen molar-refractivity contribution in [3.63, 3.8) is 0 Å². The molecule has 2 aliphatic heterocycles. The zero-order chi connectivity index (χ0) is 19.4. The third-order valence-electron chi connectivity index (χ3n) is 5.39. The first-order chi connectivity index (χ1) is 12.3. The van der Waals surface area contributed by atoms with E-state index in [1.165, 1.54) is 0 Å². The average molecular weight is 381 g/mol. The molecule has 2 saturated heterocycles. The molecule has 0 bridgehead atoms. The Hall–Kier alpha value is -0.400. The van der Waals surface area contributed by atoms with E-state index in [1.54, 1.807) is 0 Å². The number of aliphatic hydroxyl groups is 8. The van der Waals surface area contributed by atoms with Crippen LogP contribution in [0.5, 0.6) is 0 Å². The summed E-state index contributed by atoms with van der Waals surface area (Å²) < 4.78 is 5.43. The van der Waals surface area contributed by atoms with E-state index in [0.29, 0.717) is 25.7 Å². The summed E-state index contributed by atoms with van der Waals surface area (Å²) in [6, 6.07) is -1.22. The second kappa shape index (κ2) is 9.69. The van der Waals surface area contributed by atoms with Crippen LogP contribution in [-0.2, 0) is 4.74 Å². The lowest BCUT2D eigenvalue weighted by molar-refractivity contribution is -0.230. The van der Waals surface area contributed by atoms with E-state index >= 15 is 0 Å². The molecule has 2 heterocycles. The summed E-state index contributed by atoms with van der Waals surface area (Å²) in [5, 5.41) is 80.4. The third-order valence-corrected chi connectivity index (χ3v) is 5.39. The van der Waals surface area contributed by atoms with Gasteiger partial charge >= 0.3 is 0 Å². The van der Waals surface area contributed by atoms with E-state index in [2.05, 4.69) is 5.32 Å². The van der Waals surface area contributed by atoms with Gasteiger partial charge in [-0.15, -0.1) is 0 Å². The molecule has 10 nitrogen and oxygen atoms in total. The number of piperidine rings is 1. The first-order valence-corrected chi connectivity index (χ1v) is 9.03. The van der Waals surface area contributed by atoms with Crippen molar-refractivity contribution in [1.82, 2.24) is 5.32 Å². The second-order valence-electron chi connectivity index (χ2n) is 7.19. The van der Waals surface area contributed by atoms with Gasteiger partial charge in [0.25, 0.3) is 0 Å². The van der Waals surface area contributed by atoms with E-state index in [0.717, 1.165) is 0 Å². The number of aliphatic hydroxyl groups excluding tert-OH is 8. The van der Waals surface area contributed by atoms with Gasteiger partial charge in [0.15, 0.2) is 0 Å². The van der Waals surface area contributed by atoms with Crippen LogP contribution in [0.3, 0.4) is 0 Å². The first-order valence-electron chi connectivity index (χ1n) is 9.03. The summed E-state index contributed by atoms with van der Waals surface area (Å²) in [6.07, 6.45) is -7.47. The third kappa shape index (κ3) is 4.71. The lowest BCUT2D eigenvalue weighted by Gasteiger charge is -2.41. The van der Waals surface area contributed by atoms with Crippen LogP contribution >= 0.6 is 0 Å². The molecule has 10 heteroatoms. The fraction of sp³-hybridized carbons (Fsp3) is 1.00. The standard InChI is InChI=1S/C16H31NO9/c18-5-8-12(21)15(24)11(20)7(17-8)3-1-2-4-9-13(22)16(25)14(23)10(6-19)26-9/h7-25H,1-6H2/t7-,8-,9-,10-,11+,12-,13+,14-,15-,16-/m1/s1. The monoisotopic (exact) mass is 381 g/mol.